The standard InChI is InChI=1S/C16H11NO4/c1-7-6-10(16(20)21)13(17)12-11(7)14(18)8-4-2-3-5-9(8)15(12)19/h2-6H,17H2,1H3,(H,20,21). The maximum atomic E-state index is 12.6. The Morgan fingerprint density at radius 3 is 2.10 bits per heavy atom. The van der Waals surface area contributed by atoms with Crippen LogP contribution >= 0.6 is 0 Å². The first kappa shape index (κ1) is 13.1. The van der Waals surface area contributed by atoms with E-state index in [1.54, 1.807) is 31.2 Å². The van der Waals surface area contributed by atoms with Crippen LogP contribution in [-0.4, -0.2) is 22.6 Å². The first-order chi connectivity index (χ1) is 9.93. The van der Waals surface area contributed by atoms with Crippen LogP contribution in [0.15, 0.2) is 30.3 Å². The van der Waals surface area contributed by atoms with E-state index in [-0.39, 0.29) is 33.7 Å². The Balaban J connectivity index is 2.41. The van der Waals surface area contributed by atoms with Gasteiger partial charge in [-0.2, -0.15) is 0 Å². The molecule has 3 rings (SSSR count). The van der Waals surface area contributed by atoms with E-state index in [0.717, 1.165) is 0 Å². The van der Waals surface area contributed by atoms with Gasteiger partial charge in [-0.05, 0) is 18.6 Å². The van der Waals surface area contributed by atoms with Crippen LogP contribution in [0.2, 0.25) is 0 Å². The number of carbonyl (C=O) groups excluding carboxylic acids is 2. The van der Waals surface area contributed by atoms with E-state index in [1.165, 1.54) is 6.07 Å². The third-order valence-corrected chi connectivity index (χ3v) is 3.67. The Morgan fingerprint density at radius 2 is 1.57 bits per heavy atom. The normalized spacial score (nSPS) is 12.8. The predicted molar refractivity (Wildman–Crippen MR) is 75.9 cm³/mol. The number of anilines is 1. The Bertz CT molecular complexity index is 836. The number of carbonyl (C=O) groups is 3. The number of hydrogen-bond acceptors (Lipinski definition) is 4. The lowest BCUT2D eigenvalue weighted by Gasteiger charge is -2.21. The van der Waals surface area contributed by atoms with Gasteiger partial charge in [-0.3, -0.25) is 9.59 Å². The summed E-state index contributed by atoms with van der Waals surface area (Å²) in [5, 5.41) is 9.16. The van der Waals surface area contributed by atoms with Gasteiger partial charge in [-0.15, -0.1) is 0 Å². The number of carboxylic acids is 1. The first-order valence-corrected chi connectivity index (χ1v) is 6.28. The van der Waals surface area contributed by atoms with E-state index >= 15 is 0 Å². The van der Waals surface area contributed by atoms with Gasteiger partial charge < -0.3 is 10.8 Å². The number of hydrogen-bond donors (Lipinski definition) is 2. The third-order valence-electron chi connectivity index (χ3n) is 3.67. The largest absolute Gasteiger partial charge is 0.478 e. The molecule has 2 aromatic rings. The average molecular weight is 281 g/mol. The van der Waals surface area contributed by atoms with Crippen molar-refractivity contribution in [2.75, 3.05) is 5.73 Å². The van der Waals surface area contributed by atoms with Crippen LogP contribution in [0.3, 0.4) is 0 Å². The summed E-state index contributed by atoms with van der Waals surface area (Å²) in [5.41, 5.74) is 6.71. The molecule has 104 valence electrons. The molecule has 0 radical (unpaired) electrons. The zero-order valence-electron chi connectivity index (χ0n) is 11.1. The molecule has 0 saturated carbocycles. The van der Waals surface area contributed by atoms with Crippen molar-refractivity contribution in [2.24, 2.45) is 0 Å². The molecule has 5 heteroatoms. The fourth-order valence-corrected chi connectivity index (χ4v) is 2.69. The molecule has 0 atom stereocenters. The summed E-state index contributed by atoms with van der Waals surface area (Å²) in [6.45, 7) is 1.60. The smallest absolute Gasteiger partial charge is 0.337 e. The second kappa shape index (κ2) is 4.28. The van der Waals surface area contributed by atoms with E-state index in [4.69, 9.17) is 10.8 Å². The topological polar surface area (TPSA) is 97.5 Å². The monoisotopic (exact) mass is 281 g/mol. The van der Waals surface area contributed by atoms with Gasteiger partial charge in [0, 0.05) is 16.7 Å². The van der Waals surface area contributed by atoms with Crippen molar-refractivity contribution in [2.45, 2.75) is 6.92 Å². The second-order valence-corrected chi connectivity index (χ2v) is 4.91. The Hall–Kier alpha value is -2.95. The van der Waals surface area contributed by atoms with Crippen molar-refractivity contribution >= 4 is 23.2 Å². The van der Waals surface area contributed by atoms with Crippen LogP contribution in [0, 0.1) is 6.92 Å². The first-order valence-electron chi connectivity index (χ1n) is 6.28. The van der Waals surface area contributed by atoms with Crippen LogP contribution in [0.1, 0.15) is 47.8 Å². The molecule has 21 heavy (non-hydrogen) atoms. The fraction of sp³-hybridized carbons (Fsp3) is 0.0625. The van der Waals surface area contributed by atoms with Crippen molar-refractivity contribution < 1.29 is 19.5 Å². The van der Waals surface area contributed by atoms with Gasteiger partial charge in [-0.1, -0.05) is 24.3 Å². The summed E-state index contributed by atoms with van der Waals surface area (Å²) in [6, 6.07) is 7.79. The Kier molecular flexibility index (Phi) is 2.66. The Labute approximate surface area is 120 Å². The lowest BCUT2D eigenvalue weighted by atomic mass is 9.80. The molecular formula is C16H11NO4. The number of aryl methyl sites for hydroxylation is 1. The van der Waals surface area contributed by atoms with Crippen molar-refractivity contribution in [1.29, 1.82) is 0 Å². The van der Waals surface area contributed by atoms with Gasteiger partial charge in [0.2, 0.25) is 0 Å². The van der Waals surface area contributed by atoms with Crippen LogP contribution < -0.4 is 5.73 Å². The van der Waals surface area contributed by atoms with Crippen molar-refractivity contribution in [3.05, 3.63) is 63.7 Å². The maximum Gasteiger partial charge on any atom is 0.337 e. The zero-order valence-corrected chi connectivity index (χ0v) is 11.1. The molecule has 1 aliphatic rings. The van der Waals surface area contributed by atoms with Crippen molar-refractivity contribution in [3.8, 4) is 0 Å². The average Bonchev–Trinajstić information content (AvgIpc) is 2.46. The zero-order chi connectivity index (χ0) is 15.3. The highest BCUT2D eigenvalue weighted by atomic mass is 16.4. The number of nitrogens with two attached hydrogens (primary N) is 1. The van der Waals surface area contributed by atoms with Crippen molar-refractivity contribution in [1.82, 2.24) is 0 Å². The van der Waals surface area contributed by atoms with Crippen LogP contribution in [0.25, 0.3) is 0 Å². The number of nitrogen functional groups attached to an aromatic ring is 1. The highest BCUT2D eigenvalue weighted by molar-refractivity contribution is 6.31. The van der Waals surface area contributed by atoms with Gasteiger partial charge in [-0.25, -0.2) is 4.79 Å². The van der Waals surface area contributed by atoms with Gasteiger partial charge >= 0.3 is 5.97 Å². The molecule has 1 aliphatic carbocycles. The summed E-state index contributed by atoms with van der Waals surface area (Å²) < 4.78 is 0. The minimum absolute atomic E-state index is 0.00361. The molecule has 3 N–H and O–H groups in total. The van der Waals surface area contributed by atoms with E-state index in [2.05, 4.69) is 0 Å². The summed E-state index contributed by atoms with van der Waals surface area (Å²) >= 11 is 0. The number of rotatable bonds is 1. The summed E-state index contributed by atoms with van der Waals surface area (Å²) in [5.74, 6) is -1.94. The number of aromatic carboxylic acids is 1. The molecule has 0 heterocycles. The van der Waals surface area contributed by atoms with Gasteiger partial charge in [0.25, 0.3) is 0 Å². The van der Waals surface area contributed by atoms with Crippen LogP contribution in [0.5, 0.6) is 0 Å². The number of fused-ring (bicyclic) bond motifs is 2. The number of benzene rings is 2. The van der Waals surface area contributed by atoms with Crippen LogP contribution in [-0.2, 0) is 0 Å². The minimum atomic E-state index is -1.22. The molecule has 0 amide bonds. The van der Waals surface area contributed by atoms with Gasteiger partial charge in [0.1, 0.15) is 0 Å². The minimum Gasteiger partial charge on any atom is -0.478 e. The van der Waals surface area contributed by atoms with Crippen molar-refractivity contribution in [3.63, 3.8) is 0 Å². The summed E-state index contributed by atoms with van der Waals surface area (Å²) in [6.07, 6.45) is 0. The molecule has 0 fully saturated rings. The molecule has 0 spiro atoms. The van der Waals surface area contributed by atoms with E-state index in [0.29, 0.717) is 11.1 Å². The van der Waals surface area contributed by atoms with Gasteiger partial charge in [0.05, 0.1) is 16.8 Å². The molecule has 0 saturated heterocycles. The summed E-state index contributed by atoms with van der Waals surface area (Å²) in [4.78, 5) is 36.3. The quantitative estimate of drug-likeness (QED) is 0.665. The maximum absolute atomic E-state index is 12.6. The second-order valence-electron chi connectivity index (χ2n) is 4.91. The molecule has 0 unspecified atom stereocenters. The highest BCUT2D eigenvalue weighted by Crippen LogP contribution is 2.34. The summed E-state index contributed by atoms with van der Waals surface area (Å²) in [7, 11) is 0. The fourth-order valence-electron chi connectivity index (χ4n) is 2.69. The van der Waals surface area contributed by atoms with Gasteiger partial charge in [0.15, 0.2) is 11.6 Å². The molecule has 2 aromatic carbocycles. The Morgan fingerprint density at radius 1 is 1.05 bits per heavy atom. The van der Waals surface area contributed by atoms with E-state index in [9.17, 15) is 14.4 Å². The molecule has 5 nitrogen and oxygen atoms in total. The number of ketones is 2. The third kappa shape index (κ3) is 1.67. The highest BCUT2D eigenvalue weighted by Gasteiger charge is 2.34. The number of carboxylic acid groups (broad SMARTS) is 1. The molecule has 0 aliphatic heterocycles. The predicted octanol–water partition coefficient (Wildman–Crippen LogP) is 2.05. The molecule has 0 aromatic heterocycles. The molecule has 0 bridgehead atoms. The molecular weight excluding hydrogens is 270 g/mol. The SMILES string of the molecule is Cc1cc(C(=O)O)c(N)c2c1C(=O)c1ccccc1C2=O. The van der Waals surface area contributed by atoms with E-state index in [1.807, 2.05) is 0 Å². The van der Waals surface area contributed by atoms with E-state index < -0.39 is 11.8 Å². The lowest BCUT2D eigenvalue weighted by Crippen LogP contribution is -2.25. The lowest BCUT2D eigenvalue weighted by molar-refractivity contribution is 0.0697. The van der Waals surface area contributed by atoms with Crippen LogP contribution in [0.4, 0.5) is 5.69 Å².